The summed E-state index contributed by atoms with van der Waals surface area (Å²) in [5, 5.41) is 14.3. The molecule has 0 saturated heterocycles. The summed E-state index contributed by atoms with van der Waals surface area (Å²) < 4.78 is 5.55. The monoisotopic (exact) mass is 406 g/mol. The predicted octanol–water partition coefficient (Wildman–Crippen LogP) is 3.46. The van der Waals surface area contributed by atoms with Crippen molar-refractivity contribution in [1.82, 2.24) is 29.3 Å². The molecule has 1 amide bonds. The van der Waals surface area contributed by atoms with Gasteiger partial charge in [0.15, 0.2) is 5.82 Å². The van der Waals surface area contributed by atoms with Crippen LogP contribution < -0.4 is 10.6 Å². The Hall–Kier alpha value is -3.66. The molecule has 0 saturated carbocycles. The van der Waals surface area contributed by atoms with Crippen molar-refractivity contribution >= 4 is 34.6 Å². The maximum Gasteiger partial charge on any atom is 0.269 e. The Balaban J connectivity index is 1.42. The molecular weight excluding hydrogens is 388 g/mol. The predicted molar refractivity (Wildman–Crippen MR) is 111 cm³/mol. The molecule has 0 fully saturated rings. The number of carbonyl (C=O) groups excluding carboxylic acids is 1. The van der Waals surface area contributed by atoms with Gasteiger partial charge in [-0.05, 0) is 48.3 Å². The molecule has 4 aromatic rings. The minimum absolute atomic E-state index is 0.191. The van der Waals surface area contributed by atoms with Crippen molar-refractivity contribution in [3.63, 3.8) is 0 Å². The molecule has 9 nitrogen and oxygen atoms in total. The Labute approximate surface area is 171 Å². The normalized spacial score (nSPS) is 10.7. The highest BCUT2D eigenvalue weighted by atomic mass is 32.1. The van der Waals surface area contributed by atoms with Crippen molar-refractivity contribution < 1.29 is 4.79 Å². The zero-order chi connectivity index (χ0) is 20.1. The van der Waals surface area contributed by atoms with Crippen LogP contribution in [-0.2, 0) is 6.42 Å². The van der Waals surface area contributed by atoms with E-state index in [2.05, 4.69) is 35.3 Å². The molecule has 0 radical (unpaired) electrons. The van der Waals surface area contributed by atoms with Crippen molar-refractivity contribution in [1.29, 1.82) is 0 Å². The van der Waals surface area contributed by atoms with E-state index in [1.54, 1.807) is 16.9 Å². The maximum atomic E-state index is 12.5. The molecule has 0 aliphatic heterocycles. The van der Waals surface area contributed by atoms with E-state index in [0.717, 1.165) is 35.8 Å². The second kappa shape index (κ2) is 8.57. The van der Waals surface area contributed by atoms with Crippen LogP contribution >= 0.6 is 11.5 Å². The lowest BCUT2D eigenvalue weighted by atomic mass is 10.2. The third-order valence-electron chi connectivity index (χ3n) is 4.06. The van der Waals surface area contributed by atoms with E-state index >= 15 is 0 Å². The average molecular weight is 406 g/mol. The number of rotatable bonds is 7. The van der Waals surface area contributed by atoms with Crippen molar-refractivity contribution in [3.05, 3.63) is 65.7 Å². The zero-order valence-electron chi connectivity index (χ0n) is 15.6. The minimum Gasteiger partial charge on any atom is -0.340 e. The molecule has 146 valence electrons. The number of nitrogens with zero attached hydrogens (tertiary/aromatic N) is 6. The summed E-state index contributed by atoms with van der Waals surface area (Å²) in [7, 11) is 0. The van der Waals surface area contributed by atoms with E-state index in [1.807, 2.05) is 43.5 Å². The first kappa shape index (κ1) is 18.7. The molecule has 1 aromatic carbocycles. The van der Waals surface area contributed by atoms with Gasteiger partial charge >= 0.3 is 0 Å². The molecule has 3 heterocycles. The first-order chi connectivity index (χ1) is 14.2. The summed E-state index contributed by atoms with van der Waals surface area (Å²) in [6, 6.07) is 11.0. The molecule has 0 atom stereocenters. The van der Waals surface area contributed by atoms with Crippen LogP contribution in [0.1, 0.15) is 28.7 Å². The highest BCUT2D eigenvalue weighted by Gasteiger charge is 2.15. The Morgan fingerprint density at radius 1 is 1.17 bits per heavy atom. The fraction of sp³-hybridized carbons (Fsp3) is 0.158. The van der Waals surface area contributed by atoms with Gasteiger partial charge in [-0.3, -0.25) is 4.79 Å². The number of benzene rings is 1. The maximum absolute atomic E-state index is 12.5. The van der Waals surface area contributed by atoms with Gasteiger partial charge in [0, 0.05) is 29.8 Å². The lowest BCUT2D eigenvalue weighted by Crippen LogP contribution is -2.12. The van der Waals surface area contributed by atoms with Gasteiger partial charge in [0.2, 0.25) is 0 Å². The summed E-state index contributed by atoms with van der Waals surface area (Å²) in [6.07, 6.45) is 6.63. The second-order valence-corrected chi connectivity index (χ2v) is 6.92. The fourth-order valence-electron chi connectivity index (χ4n) is 2.70. The number of carbonyl (C=O) groups is 1. The van der Waals surface area contributed by atoms with Crippen LogP contribution in [0.25, 0.3) is 5.82 Å². The molecule has 0 bridgehead atoms. The van der Waals surface area contributed by atoms with Crippen LogP contribution in [0.2, 0.25) is 0 Å². The van der Waals surface area contributed by atoms with Crippen LogP contribution in [-0.4, -0.2) is 35.2 Å². The minimum atomic E-state index is -0.191. The Morgan fingerprint density at radius 2 is 2.00 bits per heavy atom. The number of hydrogen-bond acceptors (Lipinski definition) is 8. The number of anilines is 3. The van der Waals surface area contributed by atoms with Gasteiger partial charge < -0.3 is 10.6 Å². The third kappa shape index (κ3) is 4.43. The van der Waals surface area contributed by atoms with Crippen LogP contribution in [0.3, 0.4) is 0 Å². The molecule has 0 unspecified atom stereocenters. The van der Waals surface area contributed by atoms with Crippen molar-refractivity contribution in [2.45, 2.75) is 19.8 Å². The smallest absolute Gasteiger partial charge is 0.269 e. The van der Waals surface area contributed by atoms with Crippen LogP contribution in [0, 0.1) is 0 Å². The fourth-order valence-corrected chi connectivity index (χ4v) is 3.30. The number of hydrogen-bond donors (Lipinski definition) is 2. The van der Waals surface area contributed by atoms with Crippen LogP contribution in [0.15, 0.2) is 55.1 Å². The largest absolute Gasteiger partial charge is 0.340 e. The van der Waals surface area contributed by atoms with E-state index in [1.165, 1.54) is 6.33 Å². The molecule has 3 aromatic heterocycles. The first-order valence-electron chi connectivity index (χ1n) is 9.04. The van der Waals surface area contributed by atoms with Gasteiger partial charge in [0.25, 0.3) is 5.91 Å². The van der Waals surface area contributed by atoms with Crippen molar-refractivity contribution in [3.8, 4) is 5.82 Å². The summed E-state index contributed by atoms with van der Waals surface area (Å²) in [5.41, 5.74) is 2.26. The summed E-state index contributed by atoms with van der Waals surface area (Å²) in [5.74, 6) is 1.11. The number of amides is 1. The number of nitrogens with one attached hydrogen (secondary N) is 2. The third-order valence-corrected chi connectivity index (χ3v) is 4.82. The molecule has 0 aliphatic rings. The summed E-state index contributed by atoms with van der Waals surface area (Å²) in [4.78, 5) is 21.5. The molecular formula is C19H18N8OS. The van der Waals surface area contributed by atoms with Gasteiger partial charge in [-0.2, -0.15) is 5.10 Å². The highest BCUT2D eigenvalue weighted by molar-refractivity contribution is 7.08. The van der Waals surface area contributed by atoms with Gasteiger partial charge in [-0.15, -0.1) is 5.10 Å². The molecule has 10 heteroatoms. The van der Waals surface area contributed by atoms with E-state index in [4.69, 9.17) is 0 Å². The Bertz CT molecular complexity index is 1090. The SMILES string of the molecule is CCCc1nnsc1C(=O)Nc1ccc(Nc2cc(-n3cccn3)ncn2)cc1. The molecule has 4 rings (SSSR count). The molecule has 2 N–H and O–H groups in total. The highest BCUT2D eigenvalue weighted by Crippen LogP contribution is 2.20. The van der Waals surface area contributed by atoms with E-state index in [0.29, 0.717) is 22.2 Å². The molecule has 0 spiro atoms. The standard InChI is InChI=1S/C19H18N8OS/c1-2-4-15-18(29-26-25-15)19(28)24-14-7-5-13(6-8-14)23-16-11-17(21-12-20-16)27-10-3-9-22-27/h3,5-12H,2,4H2,1H3,(H,24,28)(H,20,21,23). The van der Waals surface area contributed by atoms with Gasteiger partial charge in [0.1, 0.15) is 17.0 Å². The van der Waals surface area contributed by atoms with E-state index in [-0.39, 0.29) is 5.91 Å². The van der Waals surface area contributed by atoms with Crippen molar-refractivity contribution in [2.24, 2.45) is 0 Å². The first-order valence-corrected chi connectivity index (χ1v) is 9.82. The lowest BCUT2D eigenvalue weighted by molar-refractivity contribution is 0.102. The number of aryl methyl sites for hydroxylation is 1. The number of aromatic nitrogens is 6. The Kier molecular flexibility index (Phi) is 5.52. The summed E-state index contributed by atoms with van der Waals surface area (Å²) >= 11 is 1.12. The van der Waals surface area contributed by atoms with Gasteiger partial charge in [-0.1, -0.05) is 17.8 Å². The van der Waals surface area contributed by atoms with Gasteiger partial charge in [-0.25, -0.2) is 14.6 Å². The Morgan fingerprint density at radius 3 is 2.76 bits per heavy atom. The second-order valence-electron chi connectivity index (χ2n) is 6.17. The topological polar surface area (TPSA) is 111 Å². The van der Waals surface area contributed by atoms with E-state index < -0.39 is 0 Å². The quantitative estimate of drug-likeness (QED) is 0.483. The summed E-state index contributed by atoms with van der Waals surface area (Å²) in [6.45, 7) is 2.04. The molecule has 0 aliphatic carbocycles. The lowest BCUT2D eigenvalue weighted by Gasteiger charge is -2.09. The average Bonchev–Trinajstić information content (AvgIpc) is 3.42. The van der Waals surface area contributed by atoms with Crippen LogP contribution in [0.5, 0.6) is 0 Å². The molecule has 29 heavy (non-hydrogen) atoms. The van der Waals surface area contributed by atoms with Gasteiger partial charge in [0.05, 0.1) is 5.69 Å². The van der Waals surface area contributed by atoms with Crippen LogP contribution in [0.4, 0.5) is 17.2 Å². The zero-order valence-corrected chi connectivity index (χ0v) is 16.4. The van der Waals surface area contributed by atoms with E-state index in [9.17, 15) is 4.79 Å². The van der Waals surface area contributed by atoms with Crippen molar-refractivity contribution in [2.75, 3.05) is 10.6 Å².